The van der Waals surface area contributed by atoms with Gasteiger partial charge in [-0.25, -0.2) is 4.98 Å². The van der Waals surface area contributed by atoms with Crippen molar-refractivity contribution in [2.75, 3.05) is 0 Å². The standard InChI is InChI=1S/C15H18ClN5/c1-3-5-12-14-15(20(2)19-12)21(13(8-16)18-14)10-11-6-4-7-17-9-11/h4,6-7,9H,3,5,8,10H2,1-2H3. The fourth-order valence-electron chi connectivity index (χ4n) is 2.63. The van der Waals surface area contributed by atoms with Gasteiger partial charge < -0.3 is 4.57 Å². The highest BCUT2D eigenvalue weighted by Gasteiger charge is 2.18. The van der Waals surface area contributed by atoms with Crippen LogP contribution in [0.15, 0.2) is 24.5 Å². The number of nitrogens with zero attached hydrogens (tertiary/aromatic N) is 5. The van der Waals surface area contributed by atoms with Crippen molar-refractivity contribution >= 4 is 22.8 Å². The summed E-state index contributed by atoms with van der Waals surface area (Å²) in [4.78, 5) is 8.86. The first-order valence-electron chi connectivity index (χ1n) is 7.10. The predicted octanol–water partition coefficient (Wildman–Crippen LogP) is 2.90. The molecule has 5 nitrogen and oxygen atoms in total. The van der Waals surface area contributed by atoms with E-state index in [1.807, 2.05) is 24.0 Å². The summed E-state index contributed by atoms with van der Waals surface area (Å²) in [5, 5.41) is 4.59. The highest BCUT2D eigenvalue weighted by molar-refractivity contribution is 6.16. The third kappa shape index (κ3) is 2.53. The van der Waals surface area contributed by atoms with Gasteiger partial charge in [0.2, 0.25) is 0 Å². The van der Waals surface area contributed by atoms with Gasteiger partial charge in [-0.15, -0.1) is 11.6 Å². The maximum atomic E-state index is 6.08. The number of aromatic nitrogens is 5. The molecule has 0 radical (unpaired) electrons. The number of halogens is 1. The number of imidazole rings is 1. The van der Waals surface area contributed by atoms with Crippen molar-refractivity contribution in [2.24, 2.45) is 7.05 Å². The van der Waals surface area contributed by atoms with E-state index in [0.717, 1.165) is 41.1 Å². The van der Waals surface area contributed by atoms with Crippen LogP contribution in [0, 0.1) is 0 Å². The topological polar surface area (TPSA) is 48.5 Å². The molecular weight excluding hydrogens is 286 g/mol. The van der Waals surface area contributed by atoms with Crippen LogP contribution in [0.4, 0.5) is 0 Å². The van der Waals surface area contributed by atoms with Gasteiger partial charge >= 0.3 is 0 Å². The van der Waals surface area contributed by atoms with Gasteiger partial charge in [0.05, 0.1) is 18.1 Å². The molecule has 0 N–H and O–H groups in total. The molecule has 3 heterocycles. The van der Waals surface area contributed by atoms with Crippen molar-refractivity contribution < 1.29 is 0 Å². The summed E-state index contributed by atoms with van der Waals surface area (Å²) >= 11 is 6.08. The van der Waals surface area contributed by atoms with E-state index in [-0.39, 0.29) is 0 Å². The molecule has 3 aromatic rings. The fourth-order valence-corrected chi connectivity index (χ4v) is 2.84. The molecule has 21 heavy (non-hydrogen) atoms. The zero-order valence-electron chi connectivity index (χ0n) is 12.3. The van der Waals surface area contributed by atoms with Crippen LogP contribution >= 0.6 is 11.6 Å². The van der Waals surface area contributed by atoms with Crippen molar-refractivity contribution in [3.8, 4) is 0 Å². The van der Waals surface area contributed by atoms with Gasteiger partial charge in [-0.1, -0.05) is 19.4 Å². The quantitative estimate of drug-likeness (QED) is 0.681. The molecule has 110 valence electrons. The molecule has 0 saturated carbocycles. The summed E-state index contributed by atoms with van der Waals surface area (Å²) in [5.41, 5.74) is 4.17. The molecule has 0 amide bonds. The number of aryl methyl sites for hydroxylation is 2. The molecule has 3 aromatic heterocycles. The molecule has 0 aliphatic carbocycles. The molecule has 3 rings (SSSR count). The lowest BCUT2D eigenvalue weighted by atomic mass is 10.2. The van der Waals surface area contributed by atoms with Crippen LogP contribution in [0.3, 0.4) is 0 Å². The number of rotatable bonds is 5. The van der Waals surface area contributed by atoms with Crippen LogP contribution in [0.1, 0.15) is 30.4 Å². The Balaban J connectivity index is 2.11. The van der Waals surface area contributed by atoms with Crippen LogP contribution in [-0.2, 0) is 25.9 Å². The summed E-state index contributed by atoms with van der Waals surface area (Å²) in [6.07, 6.45) is 5.63. The fraction of sp³-hybridized carbons (Fsp3) is 0.400. The van der Waals surface area contributed by atoms with Gasteiger partial charge in [-0.3, -0.25) is 9.67 Å². The SMILES string of the molecule is CCCc1nn(C)c2c1nc(CCl)n2Cc1cccnc1. The van der Waals surface area contributed by atoms with Gasteiger partial charge in [0.25, 0.3) is 0 Å². The molecule has 0 atom stereocenters. The number of alkyl halides is 1. The van der Waals surface area contributed by atoms with Gasteiger partial charge in [-0.05, 0) is 18.1 Å². The Morgan fingerprint density at radius 3 is 2.86 bits per heavy atom. The van der Waals surface area contributed by atoms with Crippen LogP contribution in [-0.4, -0.2) is 24.3 Å². The molecule has 0 saturated heterocycles. The van der Waals surface area contributed by atoms with E-state index in [1.165, 1.54) is 0 Å². The molecule has 0 unspecified atom stereocenters. The van der Waals surface area contributed by atoms with Gasteiger partial charge in [0.15, 0.2) is 5.65 Å². The monoisotopic (exact) mass is 303 g/mol. The Bertz CT molecular complexity index is 744. The molecule has 0 aliphatic heterocycles. The lowest BCUT2D eigenvalue weighted by Crippen LogP contribution is -2.07. The van der Waals surface area contributed by atoms with E-state index in [9.17, 15) is 0 Å². The second-order valence-electron chi connectivity index (χ2n) is 5.10. The van der Waals surface area contributed by atoms with E-state index in [2.05, 4.69) is 27.6 Å². The van der Waals surface area contributed by atoms with E-state index >= 15 is 0 Å². The summed E-state index contributed by atoms with van der Waals surface area (Å²) in [6.45, 7) is 2.85. The zero-order valence-corrected chi connectivity index (χ0v) is 13.0. The molecule has 0 bridgehead atoms. The smallest absolute Gasteiger partial charge is 0.159 e. The van der Waals surface area contributed by atoms with Gasteiger partial charge in [0.1, 0.15) is 11.3 Å². The molecular formula is C15H18ClN5. The average Bonchev–Trinajstić information content (AvgIpc) is 3.00. The molecule has 6 heteroatoms. The normalized spacial score (nSPS) is 11.4. The number of fused-ring (bicyclic) bond motifs is 1. The van der Waals surface area contributed by atoms with Crippen molar-refractivity contribution in [1.29, 1.82) is 0 Å². The van der Waals surface area contributed by atoms with Crippen LogP contribution in [0.5, 0.6) is 0 Å². The number of hydrogen-bond donors (Lipinski definition) is 0. The van der Waals surface area contributed by atoms with Crippen LogP contribution in [0.2, 0.25) is 0 Å². The Morgan fingerprint density at radius 1 is 1.33 bits per heavy atom. The van der Waals surface area contributed by atoms with E-state index < -0.39 is 0 Å². The van der Waals surface area contributed by atoms with Crippen LogP contribution < -0.4 is 0 Å². The first-order chi connectivity index (χ1) is 10.2. The lowest BCUT2D eigenvalue weighted by molar-refractivity contribution is 0.692. The third-order valence-electron chi connectivity index (χ3n) is 3.54. The highest BCUT2D eigenvalue weighted by Crippen LogP contribution is 2.22. The minimum Gasteiger partial charge on any atom is -0.307 e. The molecule has 0 fully saturated rings. The Hall–Kier alpha value is -1.88. The highest BCUT2D eigenvalue weighted by atomic mass is 35.5. The van der Waals surface area contributed by atoms with E-state index in [4.69, 9.17) is 16.6 Å². The molecule has 0 aromatic carbocycles. The van der Waals surface area contributed by atoms with Gasteiger partial charge in [-0.2, -0.15) is 5.10 Å². The summed E-state index contributed by atoms with van der Waals surface area (Å²) in [7, 11) is 1.96. The Kier molecular flexibility index (Phi) is 3.92. The first kappa shape index (κ1) is 14.1. The van der Waals surface area contributed by atoms with E-state index in [0.29, 0.717) is 12.4 Å². The van der Waals surface area contributed by atoms with Crippen molar-refractivity contribution in [3.05, 3.63) is 41.6 Å². The lowest BCUT2D eigenvalue weighted by Gasteiger charge is -2.07. The maximum absolute atomic E-state index is 6.08. The minimum absolute atomic E-state index is 0.389. The molecule has 0 spiro atoms. The predicted molar refractivity (Wildman–Crippen MR) is 83.4 cm³/mol. The second-order valence-corrected chi connectivity index (χ2v) is 5.37. The number of pyridine rings is 1. The van der Waals surface area contributed by atoms with Crippen molar-refractivity contribution in [2.45, 2.75) is 32.2 Å². The largest absolute Gasteiger partial charge is 0.307 e. The summed E-state index contributed by atoms with van der Waals surface area (Å²) in [5.74, 6) is 1.27. The zero-order chi connectivity index (χ0) is 14.8. The van der Waals surface area contributed by atoms with E-state index in [1.54, 1.807) is 6.20 Å². The maximum Gasteiger partial charge on any atom is 0.159 e. The average molecular weight is 304 g/mol. The second kappa shape index (κ2) is 5.85. The van der Waals surface area contributed by atoms with Gasteiger partial charge in [0, 0.05) is 19.4 Å². The van der Waals surface area contributed by atoms with Crippen molar-refractivity contribution in [3.63, 3.8) is 0 Å². The van der Waals surface area contributed by atoms with Crippen molar-refractivity contribution in [1.82, 2.24) is 24.3 Å². The Labute approximate surface area is 128 Å². The summed E-state index contributed by atoms with van der Waals surface area (Å²) < 4.78 is 4.03. The first-order valence-corrected chi connectivity index (χ1v) is 7.64. The molecule has 0 aliphatic rings. The van der Waals surface area contributed by atoms with Crippen LogP contribution in [0.25, 0.3) is 11.2 Å². The summed E-state index contributed by atoms with van der Waals surface area (Å²) in [6, 6.07) is 4.00. The Morgan fingerprint density at radius 2 is 2.19 bits per heavy atom. The minimum atomic E-state index is 0.389. The number of hydrogen-bond acceptors (Lipinski definition) is 3. The third-order valence-corrected chi connectivity index (χ3v) is 3.78.